The van der Waals surface area contributed by atoms with Crippen LogP contribution in [0.15, 0.2) is 6.33 Å². The van der Waals surface area contributed by atoms with Crippen LogP contribution in [0.3, 0.4) is 0 Å². The Hall–Kier alpha value is -2.86. The van der Waals surface area contributed by atoms with Crippen molar-refractivity contribution in [3.8, 4) is 0 Å². The highest BCUT2D eigenvalue weighted by Crippen LogP contribution is 2.21. The third-order valence-electron chi connectivity index (χ3n) is 1.47. The Morgan fingerprint density at radius 1 is 0.938 bits per heavy atom. The minimum Gasteiger partial charge on any atom is -0.252 e. The Balaban J connectivity index is 3.52. The second-order valence-electron chi connectivity index (χ2n) is 2.28. The maximum absolute atomic E-state index is 10.5. The normalized spacial score (nSPS) is 10.8. The predicted octanol–water partition coefficient (Wildman–Crippen LogP) is -1.79. The molecule has 0 N–H and O–H groups in total. The van der Waals surface area contributed by atoms with E-state index in [0.29, 0.717) is 6.33 Å². The average molecular weight is 231 g/mol. The summed E-state index contributed by atoms with van der Waals surface area (Å²) in [7, 11) is 0. The highest BCUT2D eigenvalue weighted by Gasteiger charge is 2.76. The minimum atomic E-state index is -3.89. The first-order valence-electron chi connectivity index (χ1n) is 3.38. The topological polar surface area (TPSA) is 181 Å². The Bertz CT molecular complexity index is 409. The molecule has 1 aromatic rings. The molecule has 84 valence electrons. The van der Waals surface area contributed by atoms with Crippen LogP contribution in [0.2, 0.25) is 0 Å². The number of nitrogens with zero attached hydrogens (tertiary/aromatic N) is 7. The van der Waals surface area contributed by atoms with Gasteiger partial charge < -0.3 is 0 Å². The standard InChI is InChI=1S/C3HN7O6/c11-8(12)3(9(13)14,10(15)16)2-6-4-1-5-7-2/h1H. The molecule has 0 saturated heterocycles. The number of hydrogen-bond donors (Lipinski definition) is 0. The van der Waals surface area contributed by atoms with Crippen LogP contribution in [0.1, 0.15) is 5.82 Å². The van der Waals surface area contributed by atoms with Crippen molar-refractivity contribution in [3.05, 3.63) is 42.5 Å². The molecule has 0 aliphatic heterocycles. The van der Waals surface area contributed by atoms with Gasteiger partial charge in [-0.2, -0.15) is 0 Å². The monoisotopic (exact) mass is 231 g/mol. The third-order valence-corrected chi connectivity index (χ3v) is 1.47. The fourth-order valence-corrected chi connectivity index (χ4v) is 0.783. The summed E-state index contributed by atoms with van der Waals surface area (Å²) in [5.41, 5.74) is 0. The van der Waals surface area contributed by atoms with Crippen molar-refractivity contribution in [2.75, 3.05) is 0 Å². The van der Waals surface area contributed by atoms with Crippen LogP contribution in [0.25, 0.3) is 0 Å². The zero-order valence-corrected chi connectivity index (χ0v) is 7.16. The van der Waals surface area contributed by atoms with Gasteiger partial charge in [-0.1, -0.05) is 0 Å². The molecule has 0 radical (unpaired) electrons. The van der Waals surface area contributed by atoms with E-state index in [2.05, 4.69) is 20.4 Å². The SMILES string of the molecule is O=[N+]([O-])C(c1nncnn1)([N+](=O)[O-])[N+](=O)[O-]. The van der Waals surface area contributed by atoms with E-state index in [1.54, 1.807) is 0 Å². The molecular weight excluding hydrogens is 230 g/mol. The minimum absolute atomic E-state index is 0.716. The van der Waals surface area contributed by atoms with E-state index >= 15 is 0 Å². The molecule has 0 aliphatic carbocycles. The van der Waals surface area contributed by atoms with E-state index in [1.165, 1.54) is 0 Å². The van der Waals surface area contributed by atoms with E-state index in [4.69, 9.17) is 0 Å². The number of aromatic nitrogens is 4. The van der Waals surface area contributed by atoms with Crippen molar-refractivity contribution < 1.29 is 14.8 Å². The van der Waals surface area contributed by atoms with Crippen LogP contribution in [0.4, 0.5) is 0 Å². The van der Waals surface area contributed by atoms with E-state index < -0.39 is 26.4 Å². The van der Waals surface area contributed by atoms with Crippen molar-refractivity contribution in [1.29, 1.82) is 0 Å². The molecule has 0 amide bonds. The number of nitro groups is 3. The summed E-state index contributed by atoms with van der Waals surface area (Å²) in [6.45, 7) is 0. The van der Waals surface area contributed by atoms with Gasteiger partial charge in [0.15, 0.2) is 21.1 Å². The van der Waals surface area contributed by atoms with Crippen molar-refractivity contribution >= 4 is 0 Å². The van der Waals surface area contributed by atoms with E-state index in [-0.39, 0.29) is 0 Å². The van der Waals surface area contributed by atoms with E-state index in [1.807, 2.05) is 0 Å². The lowest BCUT2D eigenvalue weighted by Gasteiger charge is -2.04. The predicted molar refractivity (Wildman–Crippen MR) is 40.3 cm³/mol. The molecule has 0 fully saturated rings. The zero-order valence-electron chi connectivity index (χ0n) is 7.16. The van der Waals surface area contributed by atoms with Gasteiger partial charge in [0.2, 0.25) is 0 Å². The summed E-state index contributed by atoms with van der Waals surface area (Å²) >= 11 is 0. The molecule has 0 aliphatic rings. The second-order valence-corrected chi connectivity index (χ2v) is 2.28. The molecular formula is C3HN7O6. The highest BCUT2D eigenvalue weighted by atomic mass is 16.7. The van der Waals surface area contributed by atoms with Gasteiger partial charge in [-0.25, -0.2) is 0 Å². The lowest BCUT2D eigenvalue weighted by molar-refractivity contribution is -0.987. The van der Waals surface area contributed by atoms with Crippen molar-refractivity contribution in [2.45, 2.75) is 5.79 Å². The Labute approximate surface area is 84.6 Å². The molecule has 13 nitrogen and oxygen atoms in total. The van der Waals surface area contributed by atoms with Crippen molar-refractivity contribution in [1.82, 2.24) is 20.4 Å². The van der Waals surface area contributed by atoms with Crippen LogP contribution in [-0.2, 0) is 5.79 Å². The van der Waals surface area contributed by atoms with Crippen molar-refractivity contribution in [3.63, 3.8) is 0 Å². The van der Waals surface area contributed by atoms with Gasteiger partial charge in [-0.05, 0) is 0 Å². The third kappa shape index (κ3) is 1.35. The van der Waals surface area contributed by atoms with Crippen LogP contribution in [0, 0.1) is 30.3 Å². The molecule has 0 aromatic carbocycles. The van der Waals surface area contributed by atoms with Gasteiger partial charge in [0, 0.05) is 0 Å². The van der Waals surface area contributed by atoms with Gasteiger partial charge in [-0.3, -0.25) is 30.3 Å². The molecule has 0 unspecified atom stereocenters. The molecule has 1 heterocycles. The van der Waals surface area contributed by atoms with Crippen LogP contribution in [0.5, 0.6) is 0 Å². The van der Waals surface area contributed by atoms with Gasteiger partial charge in [0.25, 0.3) is 0 Å². The molecule has 0 saturated carbocycles. The first-order valence-corrected chi connectivity index (χ1v) is 3.38. The fourth-order valence-electron chi connectivity index (χ4n) is 0.783. The summed E-state index contributed by atoms with van der Waals surface area (Å²) in [6, 6.07) is 0. The van der Waals surface area contributed by atoms with Gasteiger partial charge in [0.1, 0.15) is 0 Å². The molecule has 16 heavy (non-hydrogen) atoms. The zero-order chi connectivity index (χ0) is 12.3. The van der Waals surface area contributed by atoms with E-state index in [9.17, 15) is 30.3 Å². The summed E-state index contributed by atoms with van der Waals surface area (Å²) in [5.74, 6) is -5.21. The van der Waals surface area contributed by atoms with E-state index in [0.717, 1.165) is 0 Å². The quantitative estimate of drug-likeness (QED) is 0.325. The molecule has 1 rings (SSSR count). The maximum Gasteiger partial charge on any atom is 0.766 e. The number of hydrogen-bond acceptors (Lipinski definition) is 10. The Morgan fingerprint density at radius 3 is 1.62 bits per heavy atom. The Kier molecular flexibility index (Phi) is 2.60. The molecule has 0 atom stereocenters. The van der Waals surface area contributed by atoms with Gasteiger partial charge in [-0.15, -0.1) is 20.4 Å². The number of rotatable bonds is 4. The summed E-state index contributed by atoms with van der Waals surface area (Å²) in [5, 5.41) is 43.1. The lowest BCUT2D eigenvalue weighted by atomic mass is 10.3. The summed E-state index contributed by atoms with van der Waals surface area (Å²) in [4.78, 5) is 26.3. The first kappa shape index (κ1) is 11.2. The average Bonchev–Trinajstić information content (AvgIpc) is 2.18. The summed E-state index contributed by atoms with van der Waals surface area (Å²) in [6.07, 6.45) is 0.716. The maximum atomic E-state index is 10.5. The molecule has 0 bridgehead atoms. The smallest absolute Gasteiger partial charge is 0.252 e. The summed E-state index contributed by atoms with van der Waals surface area (Å²) < 4.78 is 0. The molecule has 1 aromatic heterocycles. The van der Waals surface area contributed by atoms with Crippen LogP contribution >= 0.6 is 0 Å². The van der Waals surface area contributed by atoms with Crippen LogP contribution in [-0.4, -0.2) is 35.2 Å². The largest absolute Gasteiger partial charge is 0.766 e. The molecule has 0 spiro atoms. The van der Waals surface area contributed by atoms with Gasteiger partial charge in [0.05, 0.1) is 0 Å². The fraction of sp³-hybridized carbons (Fsp3) is 0.333. The van der Waals surface area contributed by atoms with Gasteiger partial charge >= 0.3 is 11.6 Å². The molecule has 13 heteroatoms. The Morgan fingerprint density at radius 2 is 1.31 bits per heavy atom. The van der Waals surface area contributed by atoms with Crippen LogP contribution < -0.4 is 0 Å². The second kappa shape index (κ2) is 3.71. The van der Waals surface area contributed by atoms with Crippen molar-refractivity contribution in [2.24, 2.45) is 0 Å². The first-order chi connectivity index (χ1) is 7.44. The lowest BCUT2D eigenvalue weighted by Crippen LogP contribution is -2.51. The highest BCUT2D eigenvalue weighted by molar-refractivity contribution is 4.83.